The lowest BCUT2D eigenvalue weighted by Crippen LogP contribution is -2.32. The van der Waals surface area contributed by atoms with Gasteiger partial charge in [-0.1, -0.05) is 55.4 Å². The summed E-state index contributed by atoms with van der Waals surface area (Å²) in [6, 6.07) is 0. The fraction of sp³-hybridized carbons (Fsp3) is 0.762. The van der Waals surface area contributed by atoms with Gasteiger partial charge in [-0.3, -0.25) is 0 Å². The predicted molar refractivity (Wildman–Crippen MR) is 103 cm³/mol. The third-order valence-corrected chi connectivity index (χ3v) is 4.37. The molecule has 1 aromatic heterocycles. The van der Waals surface area contributed by atoms with E-state index in [-0.39, 0.29) is 37.0 Å². The van der Waals surface area contributed by atoms with Gasteiger partial charge in [0.2, 0.25) is 5.89 Å². The van der Waals surface area contributed by atoms with Gasteiger partial charge in [-0.05, 0) is 11.8 Å². The van der Waals surface area contributed by atoms with Crippen molar-refractivity contribution in [2.45, 2.75) is 86.2 Å². The van der Waals surface area contributed by atoms with Crippen LogP contribution >= 0.6 is 0 Å². The zero-order chi connectivity index (χ0) is 20.9. The van der Waals surface area contributed by atoms with Crippen molar-refractivity contribution in [1.82, 2.24) is 4.98 Å². The summed E-state index contributed by atoms with van der Waals surface area (Å²) in [5, 5.41) is 8.88. The Balaban J connectivity index is 0.000000271. The van der Waals surface area contributed by atoms with E-state index < -0.39 is 5.92 Å². The molecule has 4 nitrogen and oxygen atoms in total. The summed E-state index contributed by atoms with van der Waals surface area (Å²) in [6.07, 6.45) is -0.184. The van der Waals surface area contributed by atoms with Crippen molar-refractivity contribution in [3.63, 3.8) is 0 Å². The standard InChI is InChI=1S/C11H18F2O.C10H17NO2/c1-7(2)9-10(8(3)4)14-6-5-11(9,12)13;1-6(2)9-10(7(3)4)13-8(5-12)11-9/h7-8H,5-6H2,1-4H3;6-7,12H,5H2,1-4H3. The first-order chi connectivity index (χ1) is 12.4. The molecule has 0 radical (unpaired) electrons. The van der Waals surface area contributed by atoms with E-state index in [9.17, 15) is 8.78 Å². The fourth-order valence-electron chi connectivity index (χ4n) is 3.15. The molecule has 2 rings (SSSR count). The Labute approximate surface area is 162 Å². The molecule has 0 saturated carbocycles. The smallest absolute Gasteiger partial charge is 0.276 e. The van der Waals surface area contributed by atoms with E-state index in [2.05, 4.69) is 32.7 Å². The summed E-state index contributed by atoms with van der Waals surface area (Å²) in [5.74, 6) is -0.290. The number of rotatable bonds is 5. The molecular formula is C21H35F2NO3. The number of oxazole rings is 1. The van der Waals surface area contributed by atoms with E-state index in [1.54, 1.807) is 13.8 Å². The second kappa shape index (κ2) is 9.67. The molecular weight excluding hydrogens is 352 g/mol. The number of hydrogen-bond donors (Lipinski definition) is 1. The molecule has 0 amide bonds. The van der Waals surface area contributed by atoms with Gasteiger partial charge in [-0.15, -0.1) is 0 Å². The van der Waals surface area contributed by atoms with Crippen LogP contribution in [0.15, 0.2) is 15.7 Å². The van der Waals surface area contributed by atoms with Gasteiger partial charge < -0.3 is 14.3 Å². The van der Waals surface area contributed by atoms with Gasteiger partial charge in [0.25, 0.3) is 5.92 Å². The highest BCUT2D eigenvalue weighted by Crippen LogP contribution is 2.41. The summed E-state index contributed by atoms with van der Waals surface area (Å²) < 4.78 is 38.0. The topological polar surface area (TPSA) is 55.5 Å². The molecule has 27 heavy (non-hydrogen) atoms. The van der Waals surface area contributed by atoms with E-state index in [0.717, 1.165) is 11.5 Å². The molecule has 0 aromatic carbocycles. The predicted octanol–water partition coefficient (Wildman–Crippen LogP) is 6.02. The van der Waals surface area contributed by atoms with Crippen molar-refractivity contribution in [3.8, 4) is 0 Å². The van der Waals surface area contributed by atoms with Crippen LogP contribution in [0.25, 0.3) is 0 Å². The van der Waals surface area contributed by atoms with Crippen LogP contribution in [0.5, 0.6) is 0 Å². The number of hydrogen-bond acceptors (Lipinski definition) is 4. The second-order valence-corrected chi connectivity index (χ2v) is 8.21. The lowest BCUT2D eigenvalue weighted by atomic mass is 9.89. The van der Waals surface area contributed by atoms with Crippen LogP contribution < -0.4 is 0 Å². The van der Waals surface area contributed by atoms with E-state index in [1.165, 1.54) is 0 Å². The largest absolute Gasteiger partial charge is 0.497 e. The van der Waals surface area contributed by atoms with Crippen LogP contribution in [-0.2, 0) is 11.3 Å². The average molecular weight is 388 g/mol. The SMILES string of the molecule is CC(C)C1=C(C(C)C)C(F)(F)CCO1.CC(C)c1nc(CO)oc1C(C)C. The lowest BCUT2D eigenvalue weighted by molar-refractivity contribution is -0.0297. The van der Waals surface area contributed by atoms with Gasteiger partial charge in [-0.25, -0.2) is 13.8 Å². The molecule has 1 aromatic rings. The van der Waals surface area contributed by atoms with Crippen molar-refractivity contribution in [3.05, 3.63) is 28.7 Å². The minimum atomic E-state index is -2.67. The van der Waals surface area contributed by atoms with Gasteiger partial charge in [0.05, 0.1) is 12.3 Å². The quantitative estimate of drug-likeness (QED) is 0.671. The number of ether oxygens (including phenoxy) is 1. The average Bonchev–Trinajstić information content (AvgIpc) is 2.98. The van der Waals surface area contributed by atoms with Crippen molar-refractivity contribution in [1.29, 1.82) is 0 Å². The fourth-order valence-corrected chi connectivity index (χ4v) is 3.15. The number of halogens is 2. The molecule has 0 atom stereocenters. The van der Waals surface area contributed by atoms with Crippen molar-refractivity contribution in [2.75, 3.05) is 6.61 Å². The second-order valence-electron chi connectivity index (χ2n) is 8.21. The van der Waals surface area contributed by atoms with Gasteiger partial charge in [-0.2, -0.15) is 0 Å². The summed E-state index contributed by atoms with van der Waals surface area (Å²) in [6.45, 7) is 15.7. The molecule has 0 bridgehead atoms. The number of aromatic nitrogens is 1. The molecule has 1 N–H and O–H groups in total. The third kappa shape index (κ3) is 6.03. The summed E-state index contributed by atoms with van der Waals surface area (Å²) >= 11 is 0. The minimum absolute atomic E-state index is 0.0403. The Morgan fingerprint density at radius 3 is 1.89 bits per heavy atom. The number of alkyl halides is 2. The molecule has 0 aliphatic carbocycles. The molecule has 2 heterocycles. The van der Waals surface area contributed by atoms with Gasteiger partial charge >= 0.3 is 0 Å². The van der Waals surface area contributed by atoms with Gasteiger partial charge in [0.15, 0.2) is 0 Å². The van der Waals surface area contributed by atoms with Crippen LogP contribution in [0.3, 0.4) is 0 Å². The van der Waals surface area contributed by atoms with Crippen LogP contribution in [0.4, 0.5) is 8.78 Å². The molecule has 0 unspecified atom stereocenters. The first kappa shape index (κ1) is 23.6. The highest BCUT2D eigenvalue weighted by atomic mass is 19.3. The van der Waals surface area contributed by atoms with E-state index in [4.69, 9.17) is 14.3 Å². The van der Waals surface area contributed by atoms with Crippen LogP contribution in [0.1, 0.15) is 91.0 Å². The van der Waals surface area contributed by atoms with E-state index in [0.29, 0.717) is 23.5 Å². The Kier molecular flexibility index (Phi) is 8.46. The van der Waals surface area contributed by atoms with Crippen LogP contribution in [-0.4, -0.2) is 22.6 Å². The molecule has 1 aliphatic heterocycles. The number of aliphatic hydroxyl groups excluding tert-OH is 1. The molecule has 0 saturated heterocycles. The lowest BCUT2D eigenvalue weighted by Gasteiger charge is -2.32. The number of aliphatic hydroxyl groups is 1. The van der Waals surface area contributed by atoms with Crippen molar-refractivity contribution < 1.29 is 23.0 Å². The monoisotopic (exact) mass is 387 g/mol. The van der Waals surface area contributed by atoms with Crippen LogP contribution in [0, 0.1) is 11.8 Å². The maximum absolute atomic E-state index is 13.6. The Morgan fingerprint density at radius 2 is 1.56 bits per heavy atom. The van der Waals surface area contributed by atoms with Crippen LogP contribution in [0.2, 0.25) is 0 Å². The normalized spacial score (nSPS) is 16.9. The molecule has 0 spiro atoms. The zero-order valence-electron chi connectivity index (χ0n) is 17.9. The Morgan fingerprint density at radius 1 is 0.963 bits per heavy atom. The number of nitrogens with zero attached hydrogens (tertiary/aromatic N) is 1. The molecule has 1 aliphatic rings. The van der Waals surface area contributed by atoms with E-state index >= 15 is 0 Å². The molecule has 156 valence electrons. The zero-order valence-corrected chi connectivity index (χ0v) is 17.9. The highest BCUT2D eigenvalue weighted by molar-refractivity contribution is 5.23. The molecule has 0 fully saturated rings. The molecule has 6 heteroatoms. The Hall–Kier alpha value is -1.43. The first-order valence-corrected chi connectivity index (χ1v) is 9.77. The summed E-state index contributed by atoms with van der Waals surface area (Å²) in [7, 11) is 0. The maximum atomic E-state index is 13.6. The third-order valence-electron chi connectivity index (χ3n) is 4.37. The van der Waals surface area contributed by atoms with Gasteiger partial charge in [0.1, 0.15) is 18.1 Å². The van der Waals surface area contributed by atoms with Crippen molar-refractivity contribution >= 4 is 0 Å². The summed E-state index contributed by atoms with van der Waals surface area (Å²) in [4.78, 5) is 4.23. The van der Waals surface area contributed by atoms with E-state index in [1.807, 2.05) is 13.8 Å². The van der Waals surface area contributed by atoms with Gasteiger partial charge in [0, 0.05) is 23.8 Å². The number of allylic oxidation sites excluding steroid dienone is 2. The Bertz CT molecular complexity index is 606. The minimum Gasteiger partial charge on any atom is -0.497 e. The van der Waals surface area contributed by atoms with Crippen molar-refractivity contribution in [2.24, 2.45) is 11.8 Å². The highest BCUT2D eigenvalue weighted by Gasteiger charge is 2.42. The first-order valence-electron chi connectivity index (χ1n) is 9.77. The maximum Gasteiger partial charge on any atom is 0.276 e. The summed E-state index contributed by atoms with van der Waals surface area (Å²) in [5.41, 5.74) is 1.16.